The number of carbonyl (C=O) groups excluding carboxylic acids is 1. The van der Waals surface area contributed by atoms with Crippen molar-refractivity contribution in [2.45, 2.75) is 18.3 Å². The molecule has 25 heavy (non-hydrogen) atoms. The molecule has 5 nitrogen and oxygen atoms in total. The van der Waals surface area contributed by atoms with Gasteiger partial charge in [0.05, 0.1) is 18.2 Å². The van der Waals surface area contributed by atoms with Crippen molar-refractivity contribution in [2.24, 2.45) is 0 Å². The molecule has 0 N–H and O–H groups in total. The van der Waals surface area contributed by atoms with Crippen molar-refractivity contribution in [3.63, 3.8) is 0 Å². The predicted octanol–water partition coefficient (Wildman–Crippen LogP) is 3.58. The van der Waals surface area contributed by atoms with Gasteiger partial charge in [0.15, 0.2) is 5.76 Å². The van der Waals surface area contributed by atoms with Gasteiger partial charge in [0, 0.05) is 24.7 Å². The van der Waals surface area contributed by atoms with Crippen LogP contribution in [0, 0.1) is 0 Å². The number of carbonyl (C=O) groups is 1. The zero-order valence-electron chi connectivity index (χ0n) is 14.4. The van der Waals surface area contributed by atoms with Crippen LogP contribution in [0.2, 0.25) is 0 Å². The molecule has 1 aliphatic carbocycles. The van der Waals surface area contributed by atoms with Crippen molar-refractivity contribution >= 4 is 5.91 Å². The van der Waals surface area contributed by atoms with Gasteiger partial charge in [-0.25, -0.2) is 0 Å². The Kier molecular flexibility index (Phi) is 4.74. The second-order valence-corrected chi connectivity index (χ2v) is 6.18. The van der Waals surface area contributed by atoms with Gasteiger partial charge in [0.1, 0.15) is 5.75 Å². The maximum absolute atomic E-state index is 13.0. The van der Waals surface area contributed by atoms with E-state index in [-0.39, 0.29) is 5.91 Å². The summed E-state index contributed by atoms with van der Waals surface area (Å²) in [6.07, 6.45) is 5.01. The van der Waals surface area contributed by atoms with Gasteiger partial charge in [0.2, 0.25) is 5.91 Å². The fourth-order valence-corrected chi connectivity index (χ4v) is 2.97. The highest BCUT2D eigenvalue weighted by Gasteiger charge is 2.55. The van der Waals surface area contributed by atoms with E-state index >= 15 is 0 Å². The third-order valence-corrected chi connectivity index (χ3v) is 4.50. The van der Waals surface area contributed by atoms with Crippen LogP contribution in [-0.4, -0.2) is 36.2 Å². The normalized spacial score (nSPS) is 14.6. The van der Waals surface area contributed by atoms with Crippen molar-refractivity contribution in [2.75, 3.05) is 20.2 Å². The standard InChI is InChI=1S/C20H22N2O3/c1-4-11-22(12-5-2)19(23)20(9-10-20)18-14-17(25-21-18)15-7-6-8-16(13-15)24-3/h4-8,13-14H,1-2,9-12H2,3H3. The molecule has 0 bridgehead atoms. The highest BCUT2D eigenvalue weighted by molar-refractivity contribution is 5.91. The number of hydrogen-bond acceptors (Lipinski definition) is 4. The molecule has 1 aromatic carbocycles. The number of nitrogens with zero attached hydrogens (tertiary/aromatic N) is 2. The first-order valence-corrected chi connectivity index (χ1v) is 8.27. The van der Waals surface area contributed by atoms with E-state index in [2.05, 4.69) is 18.3 Å². The van der Waals surface area contributed by atoms with Crippen LogP contribution < -0.4 is 4.74 Å². The number of benzene rings is 1. The van der Waals surface area contributed by atoms with Gasteiger partial charge >= 0.3 is 0 Å². The van der Waals surface area contributed by atoms with Crippen LogP contribution in [0.1, 0.15) is 18.5 Å². The Morgan fingerprint density at radius 3 is 2.64 bits per heavy atom. The minimum atomic E-state index is -0.577. The summed E-state index contributed by atoms with van der Waals surface area (Å²) >= 11 is 0. The van der Waals surface area contributed by atoms with Gasteiger partial charge in [-0.05, 0) is 25.0 Å². The molecular weight excluding hydrogens is 316 g/mol. The van der Waals surface area contributed by atoms with E-state index < -0.39 is 5.41 Å². The number of amides is 1. The van der Waals surface area contributed by atoms with Gasteiger partial charge in [-0.1, -0.05) is 29.4 Å². The molecule has 0 spiro atoms. The lowest BCUT2D eigenvalue weighted by atomic mass is 9.99. The third-order valence-electron chi connectivity index (χ3n) is 4.50. The van der Waals surface area contributed by atoms with Crippen molar-refractivity contribution < 1.29 is 14.1 Å². The fraction of sp³-hybridized carbons (Fsp3) is 0.300. The van der Waals surface area contributed by atoms with Crippen molar-refractivity contribution in [3.05, 3.63) is 61.3 Å². The lowest BCUT2D eigenvalue weighted by Gasteiger charge is -2.24. The maximum Gasteiger partial charge on any atom is 0.235 e. The summed E-state index contributed by atoms with van der Waals surface area (Å²) < 4.78 is 10.8. The molecule has 130 valence electrons. The van der Waals surface area contributed by atoms with E-state index in [0.717, 1.165) is 24.2 Å². The smallest absolute Gasteiger partial charge is 0.235 e. The minimum absolute atomic E-state index is 0.0535. The lowest BCUT2D eigenvalue weighted by Crippen LogP contribution is -2.39. The van der Waals surface area contributed by atoms with Gasteiger partial charge in [-0.15, -0.1) is 13.2 Å². The quantitative estimate of drug-likeness (QED) is 0.690. The van der Waals surface area contributed by atoms with Gasteiger partial charge in [-0.2, -0.15) is 0 Å². The number of rotatable bonds is 8. The largest absolute Gasteiger partial charge is 0.497 e. The molecule has 0 saturated heterocycles. The molecule has 2 aromatic rings. The molecule has 3 rings (SSSR count). The third kappa shape index (κ3) is 3.22. The molecule has 1 amide bonds. The van der Waals surface area contributed by atoms with E-state index in [9.17, 15) is 4.79 Å². The number of hydrogen-bond donors (Lipinski definition) is 0. The Morgan fingerprint density at radius 1 is 1.32 bits per heavy atom. The van der Waals surface area contributed by atoms with E-state index in [4.69, 9.17) is 9.26 Å². The monoisotopic (exact) mass is 338 g/mol. The minimum Gasteiger partial charge on any atom is -0.497 e. The SMILES string of the molecule is C=CCN(CC=C)C(=O)C1(c2cc(-c3cccc(OC)c3)on2)CC1. The van der Waals surface area contributed by atoms with Gasteiger partial charge in [0.25, 0.3) is 0 Å². The summed E-state index contributed by atoms with van der Waals surface area (Å²) in [5.41, 5.74) is 0.982. The zero-order chi connectivity index (χ0) is 17.9. The fourth-order valence-electron chi connectivity index (χ4n) is 2.97. The van der Waals surface area contributed by atoms with E-state index in [0.29, 0.717) is 24.5 Å². The lowest BCUT2D eigenvalue weighted by molar-refractivity contribution is -0.133. The number of aromatic nitrogens is 1. The molecule has 1 heterocycles. The van der Waals surface area contributed by atoms with Gasteiger partial charge in [-0.3, -0.25) is 4.79 Å². The van der Waals surface area contributed by atoms with Crippen molar-refractivity contribution in [3.8, 4) is 17.1 Å². The van der Waals surface area contributed by atoms with Gasteiger partial charge < -0.3 is 14.2 Å². The average Bonchev–Trinajstić information content (AvgIpc) is 3.30. The Hall–Kier alpha value is -2.82. The van der Waals surface area contributed by atoms with Crippen LogP contribution in [0.5, 0.6) is 5.75 Å². The summed E-state index contributed by atoms with van der Waals surface area (Å²) in [7, 11) is 1.62. The highest BCUT2D eigenvalue weighted by atomic mass is 16.5. The number of ether oxygens (including phenoxy) is 1. The van der Waals surface area contributed by atoms with Crippen molar-refractivity contribution in [1.29, 1.82) is 0 Å². The van der Waals surface area contributed by atoms with Crippen LogP contribution in [0.4, 0.5) is 0 Å². The molecule has 1 aliphatic rings. The maximum atomic E-state index is 13.0. The first-order valence-electron chi connectivity index (χ1n) is 8.27. The molecule has 0 unspecified atom stereocenters. The molecule has 0 atom stereocenters. The highest BCUT2D eigenvalue weighted by Crippen LogP contribution is 2.49. The first-order chi connectivity index (χ1) is 12.1. The Labute approximate surface area is 147 Å². The summed E-state index contributed by atoms with van der Waals surface area (Å²) in [5.74, 6) is 1.43. The van der Waals surface area contributed by atoms with Crippen LogP contribution in [0.3, 0.4) is 0 Å². The zero-order valence-corrected chi connectivity index (χ0v) is 14.4. The molecular formula is C20H22N2O3. The molecule has 0 aliphatic heterocycles. The topological polar surface area (TPSA) is 55.6 Å². The molecule has 1 aromatic heterocycles. The van der Waals surface area contributed by atoms with E-state index in [1.165, 1.54) is 0 Å². The molecule has 5 heteroatoms. The summed E-state index contributed by atoms with van der Waals surface area (Å²) in [4.78, 5) is 14.7. The number of methoxy groups -OCH3 is 1. The predicted molar refractivity (Wildman–Crippen MR) is 96.4 cm³/mol. The van der Waals surface area contributed by atoms with Crippen LogP contribution in [0.15, 0.2) is 60.2 Å². The second-order valence-electron chi connectivity index (χ2n) is 6.18. The van der Waals surface area contributed by atoms with Crippen LogP contribution in [0.25, 0.3) is 11.3 Å². The van der Waals surface area contributed by atoms with Crippen LogP contribution in [-0.2, 0) is 10.2 Å². The Morgan fingerprint density at radius 2 is 2.04 bits per heavy atom. The van der Waals surface area contributed by atoms with Crippen LogP contribution >= 0.6 is 0 Å². The summed E-state index contributed by atoms with van der Waals surface area (Å²) in [5, 5.41) is 4.19. The summed E-state index contributed by atoms with van der Waals surface area (Å²) in [6.45, 7) is 8.44. The average molecular weight is 338 g/mol. The molecule has 1 saturated carbocycles. The van der Waals surface area contributed by atoms with Crippen molar-refractivity contribution in [1.82, 2.24) is 10.1 Å². The summed E-state index contributed by atoms with van der Waals surface area (Å²) in [6, 6.07) is 9.43. The first kappa shape index (κ1) is 17.0. The molecule has 1 fully saturated rings. The van der Waals surface area contributed by atoms with E-state index in [1.54, 1.807) is 24.2 Å². The Balaban J connectivity index is 1.86. The van der Waals surface area contributed by atoms with E-state index in [1.807, 2.05) is 30.3 Å². The molecule has 0 radical (unpaired) electrons. The Bertz CT molecular complexity index is 780. The second kappa shape index (κ2) is 6.97.